The van der Waals surface area contributed by atoms with Crippen molar-refractivity contribution >= 4 is 29.6 Å². The molecule has 0 radical (unpaired) electrons. The molecule has 1 aliphatic heterocycles. The van der Waals surface area contributed by atoms with E-state index in [0.717, 1.165) is 67.9 Å². The molecular weight excluding hydrogens is 503 g/mol. The van der Waals surface area contributed by atoms with Crippen LogP contribution in [0, 0.1) is 11.7 Å². The summed E-state index contributed by atoms with van der Waals surface area (Å²) in [5, 5.41) is 7.36. The fourth-order valence-electron chi connectivity index (χ4n) is 4.85. The lowest BCUT2D eigenvalue weighted by atomic mass is 9.90. The molecule has 1 aliphatic rings. The predicted molar refractivity (Wildman–Crippen MR) is 162 cm³/mol. The zero-order chi connectivity index (χ0) is 26.7. The number of hydrogen-bond donors (Lipinski definition) is 3. The molecule has 1 heterocycles. The van der Waals surface area contributed by atoms with Crippen LogP contribution in [0.3, 0.4) is 0 Å². The molecule has 2 rings (SSSR count). The van der Waals surface area contributed by atoms with E-state index in [1.165, 1.54) is 56.9 Å². The number of nitrogens with one attached hydrogen (secondary N) is 2. The van der Waals surface area contributed by atoms with E-state index in [-0.39, 0.29) is 12.0 Å². The number of hydrogen-bond acceptors (Lipinski definition) is 5. The molecule has 0 aliphatic carbocycles. The van der Waals surface area contributed by atoms with Crippen LogP contribution in [0.2, 0.25) is 0 Å². The molecule has 7 heteroatoms. The van der Waals surface area contributed by atoms with E-state index < -0.39 is 0 Å². The van der Waals surface area contributed by atoms with Crippen LogP contribution in [0.4, 0.5) is 4.39 Å². The summed E-state index contributed by atoms with van der Waals surface area (Å²) >= 11 is 7.81. The zero-order valence-corrected chi connectivity index (χ0v) is 24.3. The molecule has 1 saturated heterocycles. The van der Waals surface area contributed by atoms with Gasteiger partial charge in [0.25, 0.3) is 0 Å². The Balaban J connectivity index is 1.61. The average Bonchev–Trinajstić information content (AvgIpc) is 2.87. The molecule has 4 nitrogen and oxygen atoms in total. The average molecular weight is 551 g/mol. The second-order valence-electron chi connectivity index (χ2n) is 10.2. The van der Waals surface area contributed by atoms with Gasteiger partial charge >= 0.3 is 0 Å². The molecule has 0 aromatic heterocycles. The molecule has 2 unspecified atom stereocenters. The van der Waals surface area contributed by atoms with Crippen molar-refractivity contribution in [1.82, 2.24) is 10.6 Å². The van der Waals surface area contributed by atoms with Gasteiger partial charge in [-0.2, -0.15) is 11.8 Å². The lowest BCUT2D eigenvalue weighted by Gasteiger charge is -2.24. The monoisotopic (exact) mass is 550 g/mol. The van der Waals surface area contributed by atoms with E-state index in [0.29, 0.717) is 11.5 Å². The second-order valence-corrected chi connectivity index (χ2v) is 11.6. The van der Waals surface area contributed by atoms with Gasteiger partial charge in [0.15, 0.2) is 0 Å². The number of benzene rings is 1. The number of thioether (sulfide) groups is 1. The summed E-state index contributed by atoms with van der Waals surface area (Å²) in [5.41, 5.74) is 8.11. The van der Waals surface area contributed by atoms with Gasteiger partial charge in [0.05, 0.1) is 11.2 Å². The van der Waals surface area contributed by atoms with Crippen LogP contribution >= 0.6 is 23.4 Å². The lowest BCUT2D eigenvalue weighted by molar-refractivity contribution is 0.327. The molecule has 0 saturated carbocycles. The largest absolute Gasteiger partial charge is 0.403 e. The van der Waals surface area contributed by atoms with Crippen LogP contribution in [-0.4, -0.2) is 37.5 Å². The normalized spacial score (nSPS) is 19.1. The number of aliphatic imine (C=N–C) groups is 1. The van der Waals surface area contributed by atoms with E-state index in [4.69, 9.17) is 17.3 Å². The molecule has 0 spiro atoms. The van der Waals surface area contributed by atoms with Gasteiger partial charge in [-0.1, -0.05) is 62.4 Å². The van der Waals surface area contributed by atoms with Crippen molar-refractivity contribution in [2.45, 2.75) is 89.6 Å². The van der Waals surface area contributed by atoms with Crippen LogP contribution in [-0.2, 0) is 12.8 Å². The highest BCUT2D eigenvalue weighted by atomic mass is 35.5. The third-order valence-electron chi connectivity index (χ3n) is 7.06. The first-order valence-corrected chi connectivity index (χ1v) is 15.8. The fourth-order valence-corrected chi connectivity index (χ4v) is 5.40. The first-order valence-electron chi connectivity index (χ1n) is 14.0. The van der Waals surface area contributed by atoms with Crippen molar-refractivity contribution in [2.75, 3.05) is 25.1 Å². The van der Waals surface area contributed by atoms with Crippen molar-refractivity contribution in [2.24, 2.45) is 16.6 Å². The highest BCUT2D eigenvalue weighted by Gasteiger charge is 2.15. The van der Waals surface area contributed by atoms with Gasteiger partial charge in [-0.25, -0.2) is 4.39 Å². The molecule has 1 aromatic rings. The van der Waals surface area contributed by atoms with Gasteiger partial charge in [0.1, 0.15) is 5.82 Å². The molecule has 1 aromatic carbocycles. The minimum Gasteiger partial charge on any atom is -0.403 e. The second kappa shape index (κ2) is 19.6. The summed E-state index contributed by atoms with van der Waals surface area (Å²) in [6, 6.07) is 5.75. The Morgan fingerprint density at radius 3 is 2.84 bits per heavy atom. The van der Waals surface area contributed by atoms with Crippen molar-refractivity contribution < 1.29 is 4.39 Å². The topological polar surface area (TPSA) is 62.4 Å². The maximum atomic E-state index is 14.7. The van der Waals surface area contributed by atoms with Crippen LogP contribution in [0.15, 0.2) is 46.7 Å². The quantitative estimate of drug-likeness (QED) is 0.140. The number of rotatable bonds is 17. The Kier molecular flexibility index (Phi) is 16.8. The number of allylic oxidation sites excluding steroid dienone is 2. The Morgan fingerprint density at radius 2 is 2.05 bits per heavy atom. The smallest absolute Gasteiger partial charge is 0.127 e. The predicted octanol–water partition coefficient (Wildman–Crippen LogP) is 7.32. The standard InChI is InChI=1S/C30H48ClFN4S/c1-24(34-17-7-3-4-8-19-37-2)20-27-15-14-26(21-29(27)32)11-6-5-10-25-12-9-13-30(35-18-16-25)36-23-28(31)22-33/h14-15,21-23,25,30,34-35H,1,3-13,16-20,33H2,2H3/b28-22+,36-23-. The van der Waals surface area contributed by atoms with Crippen LogP contribution < -0.4 is 16.4 Å². The Morgan fingerprint density at radius 1 is 1.22 bits per heavy atom. The third-order valence-corrected chi connectivity index (χ3v) is 7.98. The Bertz CT molecular complexity index is 835. The Labute approximate surface area is 234 Å². The number of aryl methyl sites for hydroxylation is 1. The maximum Gasteiger partial charge on any atom is 0.127 e. The zero-order valence-electron chi connectivity index (χ0n) is 22.8. The summed E-state index contributed by atoms with van der Waals surface area (Å²) in [6.07, 6.45) is 19.8. The lowest BCUT2D eigenvalue weighted by Crippen LogP contribution is -2.31. The summed E-state index contributed by atoms with van der Waals surface area (Å²) in [5.74, 6) is 1.89. The summed E-state index contributed by atoms with van der Waals surface area (Å²) < 4.78 is 14.7. The SMILES string of the molecule is C=C(Cc1ccc(CCCCC2CCCC(/N=C\C(Cl)=C/N)NCC2)cc1F)NCCCCCCSC. The minimum atomic E-state index is -0.107. The van der Waals surface area contributed by atoms with Crippen molar-refractivity contribution in [1.29, 1.82) is 0 Å². The van der Waals surface area contributed by atoms with Gasteiger partial charge in [-0.3, -0.25) is 10.3 Å². The van der Waals surface area contributed by atoms with Gasteiger partial charge in [-0.05, 0) is 86.6 Å². The van der Waals surface area contributed by atoms with Crippen LogP contribution in [0.25, 0.3) is 0 Å². The number of nitrogens with two attached hydrogens (primary N) is 1. The van der Waals surface area contributed by atoms with Crippen molar-refractivity contribution in [3.05, 3.63) is 58.7 Å². The van der Waals surface area contributed by atoms with E-state index in [1.54, 1.807) is 12.3 Å². The minimum absolute atomic E-state index is 0.107. The van der Waals surface area contributed by atoms with Crippen LogP contribution in [0.5, 0.6) is 0 Å². The first kappa shape index (κ1) is 31.7. The molecule has 4 N–H and O–H groups in total. The summed E-state index contributed by atoms with van der Waals surface area (Å²) in [6.45, 7) is 5.99. The number of halogens is 2. The highest BCUT2D eigenvalue weighted by Crippen LogP contribution is 2.23. The molecule has 0 bridgehead atoms. The highest BCUT2D eigenvalue weighted by molar-refractivity contribution is 7.98. The van der Waals surface area contributed by atoms with Crippen LogP contribution in [0.1, 0.15) is 81.8 Å². The van der Waals surface area contributed by atoms with Gasteiger partial charge in [0.2, 0.25) is 0 Å². The van der Waals surface area contributed by atoms with E-state index >= 15 is 0 Å². The van der Waals surface area contributed by atoms with Gasteiger partial charge < -0.3 is 11.1 Å². The number of unbranched alkanes of at least 4 members (excludes halogenated alkanes) is 4. The fraction of sp³-hybridized carbons (Fsp3) is 0.633. The van der Waals surface area contributed by atoms with Crippen molar-refractivity contribution in [3.63, 3.8) is 0 Å². The summed E-state index contributed by atoms with van der Waals surface area (Å²) in [4.78, 5) is 4.49. The van der Waals surface area contributed by atoms with E-state index in [2.05, 4.69) is 34.5 Å². The third kappa shape index (κ3) is 14.3. The molecule has 2 atom stereocenters. The van der Waals surface area contributed by atoms with E-state index in [1.807, 2.05) is 17.8 Å². The molecule has 37 heavy (non-hydrogen) atoms. The summed E-state index contributed by atoms with van der Waals surface area (Å²) in [7, 11) is 0. The molecule has 0 amide bonds. The number of nitrogens with zero attached hydrogens (tertiary/aromatic N) is 1. The molecule has 1 fully saturated rings. The van der Waals surface area contributed by atoms with E-state index in [9.17, 15) is 4.39 Å². The van der Waals surface area contributed by atoms with Gasteiger partial charge in [-0.15, -0.1) is 0 Å². The molecular formula is C30H48ClFN4S. The van der Waals surface area contributed by atoms with Crippen molar-refractivity contribution in [3.8, 4) is 0 Å². The first-order chi connectivity index (χ1) is 18.0. The molecule has 208 valence electrons. The van der Waals surface area contributed by atoms with Gasteiger partial charge in [0, 0.05) is 31.1 Å². The maximum absolute atomic E-state index is 14.7. The Hall–Kier alpha value is -1.50.